The second-order valence-corrected chi connectivity index (χ2v) is 8.06. The third-order valence-corrected chi connectivity index (χ3v) is 4.64. The number of carbonyl (C=O) groups is 1. The number of nitrogens with one attached hydrogen (secondary N) is 2. The molecule has 2 N–H and O–H groups in total. The SMILES string of the molecule is CCOCCOc1ccccc1NC(=S)NC(=O)c1ccc(OCC(C)C)c(Br)c1. The lowest BCUT2D eigenvalue weighted by molar-refractivity contribution is 0.0977. The average molecular weight is 495 g/mol. The average Bonchev–Trinajstić information content (AvgIpc) is 2.71. The van der Waals surface area contributed by atoms with Gasteiger partial charge in [0.25, 0.3) is 5.91 Å². The lowest BCUT2D eigenvalue weighted by atomic mass is 10.2. The van der Waals surface area contributed by atoms with E-state index < -0.39 is 0 Å². The zero-order valence-corrected chi connectivity index (χ0v) is 19.8. The maximum atomic E-state index is 12.6. The molecule has 0 bridgehead atoms. The number of hydrogen-bond donors (Lipinski definition) is 2. The van der Waals surface area contributed by atoms with E-state index in [1.807, 2.05) is 31.2 Å². The molecule has 30 heavy (non-hydrogen) atoms. The molecule has 0 fully saturated rings. The van der Waals surface area contributed by atoms with E-state index in [9.17, 15) is 4.79 Å². The Morgan fingerprint density at radius 3 is 2.57 bits per heavy atom. The highest BCUT2D eigenvalue weighted by atomic mass is 79.9. The smallest absolute Gasteiger partial charge is 0.257 e. The highest BCUT2D eigenvalue weighted by molar-refractivity contribution is 9.10. The van der Waals surface area contributed by atoms with Crippen molar-refractivity contribution in [1.29, 1.82) is 0 Å². The van der Waals surface area contributed by atoms with Gasteiger partial charge >= 0.3 is 0 Å². The van der Waals surface area contributed by atoms with Crippen molar-refractivity contribution < 1.29 is 19.0 Å². The van der Waals surface area contributed by atoms with Crippen molar-refractivity contribution in [2.24, 2.45) is 5.92 Å². The van der Waals surface area contributed by atoms with E-state index >= 15 is 0 Å². The number of hydrogen-bond acceptors (Lipinski definition) is 5. The molecular weight excluding hydrogens is 468 g/mol. The zero-order valence-electron chi connectivity index (χ0n) is 17.4. The zero-order chi connectivity index (χ0) is 21.9. The van der Waals surface area contributed by atoms with Gasteiger partial charge in [-0.05, 0) is 71.3 Å². The molecule has 6 nitrogen and oxygen atoms in total. The molecule has 0 aliphatic rings. The number of ether oxygens (including phenoxy) is 3. The number of para-hydroxylation sites is 2. The van der Waals surface area contributed by atoms with Crippen molar-refractivity contribution in [3.8, 4) is 11.5 Å². The molecule has 0 aliphatic heterocycles. The van der Waals surface area contributed by atoms with Gasteiger partial charge in [-0.2, -0.15) is 0 Å². The fraction of sp³-hybridized carbons (Fsp3) is 0.364. The molecule has 2 rings (SSSR count). The Morgan fingerprint density at radius 1 is 1.10 bits per heavy atom. The van der Waals surface area contributed by atoms with Gasteiger partial charge in [-0.25, -0.2) is 0 Å². The molecule has 0 radical (unpaired) electrons. The highest BCUT2D eigenvalue weighted by Crippen LogP contribution is 2.27. The van der Waals surface area contributed by atoms with E-state index in [0.29, 0.717) is 59.6 Å². The Balaban J connectivity index is 1.95. The first-order valence-electron chi connectivity index (χ1n) is 9.75. The van der Waals surface area contributed by atoms with Gasteiger partial charge in [-0.1, -0.05) is 26.0 Å². The second kappa shape index (κ2) is 12.5. The summed E-state index contributed by atoms with van der Waals surface area (Å²) >= 11 is 8.75. The molecule has 1 amide bonds. The van der Waals surface area contributed by atoms with Crippen LogP contribution in [-0.2, 0) is 4.74 Å². The van der Waals surface area contributed by atoms with Crippen LogP contribution in [-0.4, -0.2) is 37.4 Å². The van der Waals surface area contributed by atoms with Gasteiger partial charge in [-0.15, -0.1) is 0 Å². The lowest BCUT2D eigenvalue weighted by Gasteiger charge is -2.15. The summed E-state index contributed by atoms with van der Waals surface area (Å²) in [7, 11) is 0. The van der Waals surface area contributed by atoms with Crippen molar-refractivity contribution in [1.82, 2.24) is 5.32 Å². The Hall–Kier alpha value is -2.16. The van der Waals surface area contributed by atoms with Gasteiger partial charge in [0.2, 0.25) is 0 Å². The number of thiocarbonyl (C=S) groups is 1. The molecule has 0 aliphatic carbocycles. The topological polar surface area (TPSA) is 68.8 Å². The Morgan fingerprint density at radius 2 is 1.87 bits per heavy atom. The molecule has 0 aromatic heterocycles. The van der Waals surface area contributed by atoms with Gasteiger partial charge in [0, 0.05) is 12.2 Å². The fourth-order valence-electron chi connectivity index (χ4n) is 2.40. The minimum Gasteiger partial charge on any atom is -0.492 e. The first kappa shape index (κ1) is 24.1. The third kappa shape index (κ3) is 7.93. The van der Waals surface area contributed by atoms with Crippen molar-refractivity contribution in [2.45, 2.75) is 20.8 Å². The molecule has 162 valence electrons. The van der Waals surface area contributed by atoms with Crippen molar-refractivity contribution in [3.05, 3.63) is 52.5 Å². The molecule has 2 aromatic rings. The van der Waals surface area contributed by atoms with E-state index in [4.69, 9.17) is 26.4 Å². The maximum absolute atomic E-state index is 12.6. The monoisotopic (exact) mass is 494 g/mol. The van der Waals surface area contributed by atoms with Crippen LogP contribution >= 0.6 is 28.1 Å². The van der Waals surface area contributed by atoms with E-state index in [1.165, 1.54) is 0 Å². The van der Waals surface area contributed by atoms with Gasteiger partial charge in [0.15, 0.2) is 5.11 Å². The molecule has 0 saturated carbocycles. The van der Waals surface area contributed by atoms with Crippen LogP contribution in [0, 0.1) is 5.92 Å². The van der Waals surface area contributed by atoms with Crippen LogP contribution in [0.15, 0.2) is 46.9 Å². The van der Waals surface area contributed by atoms with Crippen LogP contribution in [0.25, 0.3) is 0 Å². The Labute approximate surface area is 191 Å². The quantitative estimate of drug-likeness (QED) is 0.356. The number of anilines is 1. The maximum Gasteiger partial charge on any atom is 0.257 e. The highest BCUT2D eigenvalue weighted by Gasteiger charge is 2.12. The van der Waals surface area contributed by atoms with Crippen LogP contribution < -0.4 is 20.1 Å². The van der Waals surface area contributed by atoms with E-state index in [1.54, 1.807) is 18.2 Å². The van der Waals surface area contributed by atoms with Crippen LogP contribution in [0.3, 0.4) is 0 Å². The standard InChI is InChI=1S/C22H27BrN2O4S/c1-4-27-11-12-28-20-8-6-5-7-18(20)24-22(30)25-21(26)16-9-10-19(17(23)13-16)29-14-15(2)3/h5-10,13,15H,4,11-12,14H2,1-3H3,(H2,24,25,26,30). The Kier molecular flexibility index (Phi) is 10.1. The minimum atomic E-state index is -0.321. The Bertz CT molecular complexity index is 861. The van der Waals surface area contributed by atoms with E-state index in [2.05, 4.69) is 40.4 Å². The summed E-state index contributed by atoms with van der Waals surface area (Å²) in [6.45, 7) is 8.24. The number of amides is 1. The van der Waals surface area contributed by atoms with Crippen molar-refractivity contribution in [3.63, 3.8) is 0 Å². The number of rotatable bonds is 10. The minimum absolute atomic E-state index is 0.178. The van der Waals surface area contributed by atoms with E-state index in [0.717, 1.165) is 0 Å². The molecule has 0 unspecified atom stereocenters. The summed E-state index contributed by atoms with van der Waals surface area (Å²) in [6.07, 6.45) is 0. The summed E-state index contributed by atoms with van der Waals surface area (Å²) < 4.78 is 17.4. The van der Waals surface area contributed by atoms with Gasteiger partial charge in [0.05, 0.1) is 23.4 Å². The first-order valence-corrected chi connectivity index (χ1v) is 10.9. The largest absolute Gasteiger partial charge is 0.492 e. The molecule has 0 atom stereocenters. The molecule has 8 heteroatoms. The molecular formula is C22H27BrN2O4S. The molecule has 0 heterocycles. The summed E-state index contributed by atoms with van der Waals surface area (Å²) in [5.74, 6) is 1.41. The number of carbonyl (C=O) groups excluding carboxylic acids is 1. The van der Waals surface area contributed by atoms with Crippen LogP contribution in [0.5, 0.6) is 11.5 Å². The molecule has 0 saturated heterocycles. The second-order valence-electron chi connectivity index (χ2n) is 6.80. The predicted molar refractivity (Wildman–Crippen MR) is 127 cm³/mol. The van der Waals surface area contributed by atoms with Crippen molar-refractivity contribution in [2.75, 3.05) is 31.7 Å². The van der Waals surface area contributed by atoms with Crippen molar-refractivity contribution >= 4 is 44.9 Å². The van der Waals surface area contributed by atoms with Crippen LogP contribution in [0.1, 0.15) is 31.1 Å². The summed E-state index contributed by atoms with van der Waals surface area (Å²) in [6, 6.07) is 12.5. The molecule has 2 aromatic carbocycles. The van der Waals surface area contributed by atoms with E-state index in [-0.39, 0.29) is 11.0 Å². The van der Waals surface area contributed by atoms with Crippen LogP contribution in [0.4, 0.5) is 5.69 Å². The summed E-state index contributed by atoms with van der Waals surface area (Å²) in [5.41, 5.74) is 1.13. The fourth-order valence-corrected chi connectivity index (χ4v) is 3.09. The van der Waals surface area contributed by atoms with Gasteiger partial charge < -0.3 is 19.5 Å². The summed E-state index contributed by atoms with van der Waals surface area (Å²) in [4.78, 5) is 12.6. The number of benzene rings is 2. The predicted octanol–water partition coefficient (Wildman–Crippen LogP) is 5.03. The van der Waals surface area contributed by atoms with Crippen LogP contribution in [0.2, 0.25) is 0 Å². The lowest BCUT2D eigenvalue weighted by Crippen LogP contribution is -2.34. The third-order valence-electron chi connectivity index (χ3n) is 3.82. The van der Waals surface area contributed by atoms with Gasteiger partial charge in [0.1, 0.15) is 18.1 Å². The first-order chi connectivity index (χ1) is 14.4. The number of halogens is 1. The van der Waals surface area contributed by atoms with Gasteiger partial charge in [-0.3, -0.25) is 10.1 Å². The summed E-state index contributed by atoms with van der Waals surface area (Å²) in [5, 5.41) is 5.87. The normalized spacial score (nSPS) is 10.6. The molecule has 0 spiro atoms.